The maximum atomic E-state index is 12.5. The number of nitrogens with zero attached hydrogens (tertiary/aromatic N) is 1. The van der Waals surface area contributed by atoms with Crippen molar-refractivity contribution in [2.75, 3.05) is 16.8 Å². The van der Waals surface area contributed by atoms with E-state index in [0.717, 1.165) is 22.6 Å². The van der Waals surface area contributed by atoms with Crippen LogP contribution in [0, 0.1) is 13.8 Å². The van der Waals surface area contributed by atoms with Gasteiger partial charge in [0.25, 0.3) is 0 Å². The molecule has 0 atom stereocenters. The molecule has 0 saturated carbocycles. The summed E-state index contributed by atoms with van der Waals surface area (Å²) < 4.78 is 0. The molecular formula is C17H18N2O. The van der Waals surface area contributed by atoms with E-state index in [4.69, 9.17) is 0 Å². The van der Waals surface area contributed by atoms with Crippen molar-refractivity contribution in [3.63, 3.8) is 0 Å². The van der Waals surface area contributed by atoms with Gasteiger partial charge >= 0.3 is 0 Å². The lowest BCUT2D eigenvalue weighted by molar-refractivity contribution is -0.117. The third-order valence-corrected chi connectivity index (χ3v) is 3.64. The van der Waals surface area contributed by atoms with E-state index in [1.165, 1.54) is 5.56 Å². The lowest BCUT2D eigenvalue weighted by Crippen LogP contribution is -2.25. The topological polar surface area (TPSA) is 32.3 Å². The molecule has 20 heavy (non-hydrogen) atoms. The van der Waals surface area contributed by atoms with E-state index in [1.54, 1.807) is 0 Å². The van der Waals surface area contributed by atoms with Crippen LogP contribution < -0.4 is 10.2 Å². The Labute approximate surface area is 119 Å². The fraction of sp³-hybridized carbons (Fsp3) is 0.235. The number of hydrogen-bond acceptors (Lipinski definition) is 2. The van der Waals surface area contributed by atoms with Crippen molar-refractivity contribution in [1.29, 1.82) is 0 Å². The summed E-state index contributed by atoms with van der Waals surface area (Å²) in [5.74, 6) is 0.134. The van der Waals surface area contributed by atoms with Crippen LogP contribution in [0.3, 0.4) is 0 Å². The number of carbonyl (C=O) groups excluding carboxylic acids is 1. The van der Waals surface area contributed by atoms with Crippen LogP contribution in [0.5, 0.6) is 0 Å². The van der Waals surface area contributed by atoms with Gasteiger partial charge in [0.05, 0.1) is 17.1 Å². The largest absolute Gasteiger partial charge is 0.383 e. The van der Waals surface area contributed by atoms with Gasteiger partial charge < -0.3 is 5.32 Å². The van der Waals surface area contributed by atoms with Crippen LogP contribution in [0.25, 0.3) is 0 Å². The Hall–Kier alpha value is -2.29. The molecule has 1 heterocycles. The summed E-state index contributed by atoms with van der Waals surface area (Å²) >= 11 is 0. The highest BCUT2D eigenvalue weighted by Crippen LogP contribution is 2.36. The van der Waals surface area contributed by atoms with E-state index in [9.17, 15) is 4.79 Å². The Balaban J connectivity index is 2.17. The van der Waals surface area contributed by atoms with Crippen molar-refractivity contribution < 1.29 is 4.79 Å². The third kappa shape index (κ3) is 2.16. The molecule has 1 aliphatic rings. The van der Waals surface area contributed by atoms with Crippen molar-refractivity contribution >= 4 is 23.0 Å². The van der Waals surface area contributed by atoms with Crippen molar-refractivity contribution in [2.24, 2.45) is 0 Å². The van der Waals surface area contributed by atoms with Gasteiger partial charge in [-0.05, 0) is 37.6 Å². The van der Waals surface area contributed by atoms with Crippen LogP contribution in [-0.2, 0) is 4.79 Å². The van der Waals surface area contributed by atoms with Gasteiger partial charge in [-0.15, -0.1) is 0 Å². The minimum absolute atomic E-state index is 0.134. The van der Waals surface area contributed by atoms with Gasteiger partial charge in [0.1, 0.15) is 0 Å². The van der Waals surface area contributed by atoms with Crippen LogP contribution >= 0.6 is 0 Å². The highest BCUT2D eigenvalue weighted by atomic mass is 16.2. The fourth-order valence-corrected chi connectivity index (χ4v) is 2.69. The van der Waals surface area contributed by atoms with E-state index in [1.807, 2.05) is 35.2 Å². The monoisotopic (exact) mass is 266 g/mol. The maximum Gasteiger partial charge on any atom is 0.233 e. The smallest absolute Gasteiger partial charge is 0.233 e. The highest BCUT2D eigenvalue weighted by molar-refractivity contribution is 6.05. The zero-order valence-electron chi connectivity index (χ0n) is 11.8. The molecule has 0 fully saturated rings. The number of nitrogens with one attached hydrogen (secondary N) is 1. The molecule has 0 aromatic heterocycles. The minimum Gasteiger partial charge on any atom is -0.383 e. The number of anilines is 3. The lowest BCUT2D eigenvalue weighted by Gasteiger charge is -2.24. The number of hydrogen-bond donors (Lipinski definition) is 1. The Morgan fingerprint density at radius 1 is 1.05 bits per heavy atom. The summed E-state index contributed by atoms with van der Waals surface area (Å²) in [5, 5.41) is 3.32. The van der Waals surface area contributed by atoms with E-state index in [-0.39, 0.29) is 5.91 Å². The first-order chi connectivity index (χ1) is 9.66. The van der Waals surface area contributed by atoms with Crippen molar-refractivity contribution in [3.05, 3.63) is 53.6 Å². The molecule has 3 rings (SSSR count). The number of rotatable bonds is 1. The Morgan fingerprint density at radius 3 is 2.65 bits per heavy atom. The quantitative estimate of drug-likeness (QED) is 0.851. The molecule has 1 amide bonds. The first-order valence-corrected chi connectivity index (χ1v) is 6.90. The molecule has 0 bridgehead atoms. The lowest BCUT2D eigenvalue weighted by atomic mass is 10.1. The van der Waals surface area contributed by atoms with Gasteiger partial charge in [-0.25, -0.2) is 0 Å². The van der Waals surface area contributed by atoms with Crippen molar-refractivity contribution in [2.45, 2.75) is 20.3 Å². The number of carbonyl (C=O) groups is 1. The summed E-state index contributed by atoms with van der Waals surface area (Å²) in [5.41, 5.74) is 5.24. The normalized spacial score (nSPS) is 14.5. The van der Waals surface area contributed by atoms with E-state index < -0.39 is 0 Å². The molecule has 3 nitrogen and oxygen atoms in total. The highest BCUT2D eigenvalue weighted by Gasteiger charge is 2.24. The van der Waals surface area contributed by atoms with Gasteiger partial charge in [-0.1, -0.05) is 29.8 Å². The van der Waals surface area contributed by atoms with Gasteiger partial charge in [0, 0.05) is 13.0 Å². The standard InChI is InChI=1S/C17H18N2O/c1-12-7-8-15(13(2)11-12)19-16-6-4-3-5-14(16)18-10-9-17(19)20/h3-8,11,18H,9-10H2,1-2H3. The SMILES string of the molecule is Cc1ccc(N2C(=O)CCNc3ccccc32)c(C)c1. The van der Waals surface area contributed by atoms with E-state index in [0.29, 0.717) is 13.0 Å². The van der Waals surface area contributed by atoms with Gasteiger partial charge in [0.15, 0.2) is 0 Å². The molecule has 0 unspecified atom stereocenters. The summed E-state index contributed by atoms with van der Waals surface area (Å²) in [6.07, 6.45) is 0.502. The number of para-hydroxylation sites is 2. The van der Waals surface area contributed by atoms with Crippen LogP contribution in [0.1, 0.15) is 17.5 Å². The predicted molar refractivity (Wildman–Crippen MR) is 82.6 cm³/mol. The van der Waals surface area contributed by atoms with Crippen LogP contribution in [0.4, 0.5) is 17.1 Å². The Morgan fingerprint density at radius 2 is 1.85 bits per heavy atom. The van der Waals surface area contributed by atoms with Gasteiger partial charge in [0.2, 0.25) is 5.91 Å². The second-order valence-corrected chi connectivity index (χ2v) is 5.21. The Kier molecular flexibility index (Phi) is 3.18. The van der Waals surface area contributed by atoms with E-state index in [2.05, 4.69) is 31.3 Å². The van der Waals surface area contributed by atoms with Crippen LogP contribution in [-0.4, -0.2) is 12.5 Å². The second-order valence-electron chi connectivity index (χ2n) is 5.21. The average molecular weight is 266 g/mol. The zero-order chi connectivity index (χ0) is 14.1. The van der Waals surface area contributed by atoms with Crippen molar-refractivity contribution in [3.8, 4) is 0 Å². The summed E-state index contributed by atoms with van der Waals surface area (Å²) in [4.78, 5) is 14.3. The van der Waals surface area contributed by atoms with Crippen LogP contribution in [0.2, 0.25) is 0 Å². The summed E-state index contributed by atoms with van der Waals surface area (Å²) in [6, 6.07) is 14.2. The predicted octanol–water partition coefficient (Wildman–Crippen LogP) is 3.78. The molecule has 3 heteroatoms. The molecule has 2 aromatic carbocycles. The summed E-state index contributed by atoms with van der Waals surface area (Å²) in [7, 11) is 0. The molecule has 0 spiro atoms. The number of amides is 1. The molecule has 0 saturated heterocycles. The minimum atomic E-state index is 0.134. The molecule has 1 aliphatic heterocycles. The first kappa shape index (κ1) is 12.7. The molecule has 2 aromatic rings. The Bertz CT molecular complexity index is 664. The van der Waals surface area contributed by atoms with Gasteiger partial charge in [-0.3, -0.25) is 9.69 Å². The number of benzene rings is 2. The third-order valence-electron chi connectivity index (χ3n) is 3.64. The molecule has 0 radical (unpaired) electrons. The molecule has 1 N–H and O–H groups in total. The average Bonchev–Trinajstić information content (AvgIpc) is 2.58. The number of aryl methyl sites for hydroxylation is 2. The second kappa shape index (κ2) is 5.00. The van der Waals surface area contributed by atoms with Crippen LogP contribution in [0.15, 0.2) is 42.5 Å². The summed E-state index contributed by atoms with van der Waals surface area (Å²) in [6.45, 7) is 4.80. The fourth-order valence-electron chi connectivity index (χ4n) is 2.69. The molecule has 102 valence electrons. The molecule has 0 aliphatic carbocycles. The first-order valence-electron chi connectivity index (χ1n) is 6.90. The zero-order valence-corrected chi connectivity index (χ0v) is 11.8. The maximum absolute atomic E-state index is 12.5. The number of fused-ring (bicyclic) bond motifs is 1. The van der Waals surface area contributed by atoms with Crippen molar-refractivity contribution in [1.82, 2.24) is 0 Å². The molecular weight excluding hydrogens is 248 g/mol. The van der Waals surface area contributed by atoms with Gasteiger partial charge in [-0.2, -0.15) is 0 Å². The van der Waals surface area contributed by atoms with E-state index >= 15 is 0 Å².